The van der Waals surface area contributed by atoms with E-state index in [9.17, 15) is 0 Å². The summed E-state index contributed by atoms with van der Waals surface area (Å²) < 4.78 is 0. The molecule has 0 atom stereocenters. The molecule has 6 nitrogen and oxygen atoms in total. The fourth-order valence-corrected chi connectivity index (χ4v) is 0. The topological polar surface area (TPSA) is 115 Å². The van der Waals surface area contributed by atoms with Crippen LogP contribution in [0.4, 0.5) is 9.59 Å². The summed E-state index contributed by atoms with van der Waals surface area (Å²) in [6.45, 7) is 0. The van der Waals surface area contributed by atoms with E-state index in [1.54, 1.807) is 0 Å². The van der Waals surface area contributed by atoms with Crippen LogP contribution in [-0.4, -0.2) is 32.7 Å². The van der Waals surface area contributed by atoms with Gasteiger partial charge in [-0.1, -0.05) is 0 Å². The monoisotopic (exact) mass is 176 g/mol. The van der Waals surface area contributed by atoms with Crippen molar-refractivity contribution in [1.82, 2.24) is 0 Å². The van der Waals surface area contributed by atoms with Crippen LogP contribution in [0, 0.1) is 25.7 Å². The largest absolute Gasteiger partial charge is 0.503 e. The Morgan fingerprint density at radius 2 is 0.667 bits per heavy atom. The standard InChI is InChI=1S/2C2H2.2CH2O3/c2*1-2;2*2-1(3)4/h2*1-2H;2*(H2,2,3,4). The van der Waals surface area contributed by atoms with Crippen LogP contribution in [0.3, 0.4) is 0 Å². The van der Waals surface area contributed by atoms with Crippen molar-refractivity contribution in [3.63, 3.8) is 0 Å². The first-order valence-electron chi connectivity index (χ1n) is 1.97. The maximum atomic E-state index is 8.56. The maximum absolute atomic E-state index is 8.56. The van der Waals surface area contributed by atoms with Crippen molar-refractivity contribution in [1.29, 1.82) is 0 Å². The Morgan fingerprint density at radius 1 is 0.667 bits per heavy atom. The van der Waals surface area contributed by atoms with Gasteiger partial charge >= 0.3 is 12.3 Å². The summed E-state index contributed by atoms with van der Waals surface area (Å²) in [5.41, 5.74) is 0. The van der Waals surface area contributed by atoms with E-state index < -0.39 is 12.3 Å². The van der Waals surface area contributed by atoms with Gasteiger partial charge in [0.2, 0.25) is 0 Å². The SMILES string of the molecule is C#C.C#C.O=C(O)O.O=C(O)O. The fourth-order valence-electron chi connectivity index (χ4n) is 0. The lowest BCUT2D eigenvalue weighted by Gasteiger charge is -1.60. The zero-order valence-corrected chi connectivity index (χ0v) is 5.91. The van der Waals surface area contributed by atoms with Gasteiger partial charge in [-0.25, -0.2) is 9.59 Å². The Kier molecular flexibility index (Phi) is 71.5. The normalized spacial score (nSPS) is 4.33. The highest BCUT2D eigenvalue weighted by molar-refractivity contribution is 5.53. The van der Waals surface area contributed by atoms with E-state index in [1.165, 1.54) is 0 Å². The quantitative estimate of drug-likeness (QED) is 0.408. The number of carboxylic acid groups (broad SMARTS) is 4. The molecule has 0 saturated heterocycles. The van der Waals surface area contributed by atoms with Crippen LogP contribution >= 0.6 is 0 Å². The summed E-state index contributed by atoms with van der Waals surface area (Å²) >= 11 is 0. The lowest BCUT2D eigenvalue weighted by molar-refractivity contribution is 0.135. The predicted octanol–water partition coefficient (Wildman–Crippen LogP) is 0.944. The van der Waals surface area contributed by atoms with E-state index in [2.05, 4.69) is 25.7 Å². The molecule has 4 N–H and O–H groups in total. The lowest BCUT2D eigenvalue weighted by atomic mass is 11.4. The molecule has 0 aromatic carbocycles. The Bertz CT molecular complexity index is 119. The van der Waals surface area contributed by atoms with Crippen LogP contribution in [0.5, 0.6) is 0 Å². The maximum Gasteiger partial charge on any atom is 0.503 e. The van der Waals surface area contributed by atoms with Gasteiger partial charge in [0, 0.05) is 0 Å². The minimum Gasteiger partial charge on any atom is -0.450 e. The van der Waals surface area contributed by atoms with Crippen LogP contribution in [0.1, 0.15) is 0 Å². The number of carbonyl (C=O) groups is 2. The third-order valence-corrected chi connectivity index (χ3v) is 0. The Labute approximate surface area is 69.1 Å². The molecular formula is C6H8O6. The minimum absolute atomic E-state index is 1.83. The zero-order valence-electron chi connectivity index (χ0n) is 5.91. The third kappa shape index (κ3) is 62.1. The molecule has 0 spiro atoms. The van der Waals surface area contributed by atoms with Crippen LogP contribution in [-0.2, 0) is 0 Å². The third-order valence-electron chi connectivity index (χ3n) is 0. The van der Waals surface area contributed by atoms with Crippen molar-refractivity contribution in [3.8, 4) is 25.7 Å². The minimum atomic E-state index is -1.83. The second kappa shape index (κ2) is 37.9. The predicted molar refractivity (Wildman–Crippen MR) is 41.1 cm³/mol. The zero-order chi connectivity index (χ0) is 11.2. The van der Waals surface area contributed by atoms with Crippen LogP contribution in [0.2, 0.25) is 0 Å². The van der Waals surface area contributed by atoms with Crippen molar-refractivity contribution in [2.75, 3.05) is 0 Å². The van der Waals surface area contributed by atoms with Gasteiger partial charge in [0.1, 0.15) is 0 Å². The van der Waals surface area contributed by atoms with Crippen LogP contribution in [0.25, 0.3) is 0 Å². The van der Waals surface area contributed by atoms with Gasteiger partial charge in [-0.15, -0.1) is 25.7 Å². The van der Waals surface area contributed by atoms with E-state index in [4.69, 9.17) is 30.0 Å². The summed E-state index contributed by atoms with van der Waals surface area (Å²) in [5, 5.41) is 27.9. The highest BCUT2D eigenvalue weighted by Crippen LogP contribution is 1.43. The molecule has 0 bridgehead atoms. The van der Waals surface area contributed by atoms with Crippen molar-refractivity contribution in [2.24, 2.45) is 0 Å². The van der Waals surface area contributed by atoms with E-state index in [-0.39, 0.29) is 0 Å². The molecule has 6 heteroatoms. The molecule has 0 aromatic rings. The molecule has 0 amide bonds. The van der Waals surface area contributed by atoms with E-state index in [0.717, 1.165) is 0 Å². The second-order valence-electron chi connectivity index (χ2n) is 0.565. The Hall–Kier alpha value is -2.34. The van der Waals surface area contributed by atoms with Gasteiger partial charge in [0.25, 0.3) is 0 Å². The number of rotatable bonds is 0. The average molecular weight is 176 g/mol. The number of terminal acetylenes is 2. The fraction of sp³-hybridized carbons (Fsp3) is 0. The smallest absolute Gasteiger partial charge is 0.450 e. The van der Waals surface area contributed by atoms with Crippen molar-refractivity contribution in [3.05, 3.63) is 0 Å². The first-order chi connectivity index (χ1) is 5.46. The first-order valence-corrected chi connectivity index (χ1v) is 1.97. The van der Waals surface area contributed by atoms with Crippen LogP contribution < -0.4 is 0 Å². The highest BCUT2D eigenvalue weighted by atomic mass is 16.6. The highest BCUT2D eigenvalue weighted by Gasteiger charge is 1.70. The molecule has 0 unspecified atom stereocenters. The van der Waals surface area contributed by atoms with Crippen LogP contribution in [0.15, 0.2) is 0 Å². The first kappa shape index (κ1) is 22.6. The summed E-state index contributed by atoms with van der Waals surface area (Å²) in [6, 6.07) is 0. The molecule has 0 aromatic heterocycles. The summed E-state index contributed by atoms with van der Waals surface area (Å²) in [6.07, 6.45) is 12.3. The average Bonchev–Trinajstić information content (AvgIpc) is 1.93. The van der Waals surface area contributed by atoms with Gasteiger partial charge in [-0.3, -0.25) is 0 Å². The van der Waals surface area contributed by atoms with Crippen molar-refractivity contribution in [2.45, 2.75) is 0 Å². The van der Waals surface area contributed by atoms with Crippen molar-refractivity contribution < 1.29 is 30.0 Å². The number of hydrogen-bond acceptors (Lipinski definition) is 2. The van der Waals surface area contributed by atoms with Gasteiger partial charge in [0.05, 0.1) is 0 Å². The Morgan fingerprint density at radius 3 is 0.667 bits per heavy atom. The molecule has 12 heavy (non-hydrogen) atoms. The molecular weight excluding hydrogens is 168 g/mol. The lowest BCUT2D eigenvalue weighted by Crippen LogP contribution is -1.81. The number of hydrogen-bond donors (Lipinski definition) is 4. The summed E-state index contributed by atoms with van der Waals surface area (Å²) in [7, 11) is 0. The molecule has 0 fully saturated rings. The molecule has 0 heterocycles. The molecule has 0 aliphatic carbocycles. The molecule has 0 saturated carbocycles. The molecule has 68 valence electrons. The van der Waals surface area contributed by atoms with Gasteiger partial charge in [-0.2, -0.15) is 0 Å². The second-order valence-corrected chi connectivity index (χ2v) is 0.565. The Balaban J connectivity index is -0.0000000380. The molecule has 0 radical (unpaired) electrons. The van der Waals surface area contributed by atoms with Crippen molar-refractivity contribution >= 4 is 12.3 Å². The van der Waals surface area contributed by atoms with E-state index >= 15 is 0 Å². The molecule has 0 aliphatic heterocycles. The molecule has 0 aliphatic rings. The van der Waals surface area contributed by atoms with Gasteiger partial charge < -0.3 is 20.4 Å². The van der Waals surface area contributed by atoms with Gasteiger partial charge in [-0.05, 0) is 0 Å². The molecule has 0 rings (SSSR count). The van der Waals surface area contributed by atoms with Gasteiger partial charge in [0.15, 0.2) is 0 Å². The van der Waals surface area contributed by atoms with E-state index in [0.29, 0.717) is 0 Å². The summed E-state index contributed by atoms with van der Waals surface area (Å²) in [4.78, 5) is 17.1. The summed E-state index contributed by atoms with van der Waals surface area (Å²) in [5.74, 6) is 0. The van der Waals surface area contributed by atoms with E-state index in [1.807, 2.05) is 0 Å².